The Kier molecular flexibility index (Phi) is 3.19. The van der Waals surface area contributed by atoms with Gasteiger partial charge in [-0.2, -0.15) is 0 Å². The van der Waals surface area contributed by atoms with Crippen molar-refractivity contribution < 1.29 is 9.59 Å². The van der Waals surface area contributed by atoms with Gasteiger partial charge in [-0.1, -0.05) is 0 Å². The molecule has 1 unspecified atom stereocenters. The number of amides is 2. The molecule has 0 bridgehead atoms. The van der Waals surface area contributed by atoms with Crippen molar-refractivity contribution in [1.29, 1.82) is 0 Å². The Morgan fingerprint density at radius 3 is 3.12 bits per heavy atom. The summed E-state index contributed by atoms with van der Waals surface area (Å²) in [4.78, 5) is 29.4. The Morgan fingerprint density at radius 1 is 1.62 bits per heavy atom. The minimum Gasteiger partial charge on any atom is -0.355 e. The van der Waals surface area contributed by atoms with Gasteiger partial charge in [0.25, 0.3) is 0 Å². The molecule has 1 aromatic rings. The number of H-pyrrole nitrogens is 1. The van der Waals surface area contributed by atoms with E-state index in [-0.39, 0.29) is 17.7 Å². The molecular formula is C10H14N4O2. The van der Waals surface area contributed by atoms with Gasteiger partial charge in [0.15, 0.2) is 0 Å². The normalized spacial score (nSPS) is 20.2. The van der Waals surface area contributed by atoms with Gasteiger partial charge in [-0.25, -0.2) is 4.98 Å². The third-order valence-electron chi connectivity index (χ3n) is 2.64. The van der Waals surface area contributed by atoms with Crippen molar-refractivity contribution in [2.24, 2.45) is 5.92 Å². The number of carbonyl (C=O) groups excluding carboxylic acids is 2. The predicted molar refractivity (Wildman–Crippen MR) is 56.2 cm³/mol. The van der Waals surface area contributed by atoms with Gasteiger partial charge < -0.3 is 15.6 Å². The minimum atomic E-state index is -0.111. The second-order valence-electron chi connectivity index (χ2n) is 3.83. The SMILES string of the molecule is O=C1CCC(C(=O)NCc2cnc[nH]2)CN1. The van der Waals surface area contributed by atoms with E-state index in [1.807, 2.05) is 0 Å². The van der Waals surface area contributed by atoms with E-state index in [2.05, 4.69) is 20.6 Å². The van der Waals surface area contributed by atoms with Crippen LogP contribution in [0.5, 0.6) is 0 Å². The van der Waals surface area contributed by atoms with Gasteiger partial charge in [0.2, 0.25) is 11.8 Å². The molecule has 0 aliphatic carbocycles. The van der Waals surface area contributed by atoms with Crippen molar-refractivity contribution >= 4 is 11.8 Å². The van der Waals surface area contributed by atoms with E-state index in [4.69, 9.17) is 0 Å². The van der Waals surface area contributed by atoms with Crippen molar-refractivity contribution in [3.05, 3.63) is 18.2 Å². The Balaban J connectivity index is 1.77. The molecule has 6 heteroatoms. The quantitative estimate of drug-likeness (QED) is 0.647. The van der Waals surface area contributed by atoms with Crippen LogP contribution >= 0.6 is 0 Å². The number of rotatable bonds is 3. The topological polar surface area (TPSA) is 86.9 Å². The van der Waals surface area contributed by atoms with Gasteiger partial charge in [0.1, 0.15) is 0 Å². The van der Waals surface area contributed by atoms with Crippen LogP contribution in [-0.2, 0) is 16.1 Å². The summed E-state index contributed by atoms with van der Waals surface area (Å²) in [5, 5.41) is 5.49. The first-order chi connectivity index (χ1) is 7.75. The number of imidazole rings is 1. The molecule has 0 saturated carbocycles. The maximum atomic E-state index is 11.7. The molecule has 2 amide bonds. The molecule has 0 radical (unpaired) electrons. The minimum absolute atomic E-state index is 0.0189. The van der Waals surface area contributed by atoms with Crippen molar-refractivity contribution in [2.45, 2.75) is 19.4 Å². The monoisotopic (exact) mass is 222 g/mol. The maximum absolute atomic E-state index is 11.7. The van der Waals surface area contributed by atoms with Crippen LogP contribution in [0, 0.1) is 5.92 Å². The van der Waals surface area contributed by atoms with Crippen LogP contribution < -0.4 is 10.6 Å². The fourth-order valence-corrected chi connectivity index (χ4v) is 1.66. The van der Waals surface area contributed by atoms with Crippen LogP contribution in [0.3, 0.4) is 0 Å². The molecule has 1 saturated heterocycles. The molecule has 2 heterocycles. The molecular weight excluding hydrogens is 208 g/mol. The smallest absolute Gasteiger partial charge is 0.225 e. The van der Waals surface area contributed by atoms with Crippen LogP contribution in [0.2, 0.25) is 0 Å². The zero-order valence-electron chi connectivity index (χ0n) is 8.82. The van der Waals surface area contributed by atoms with E-state index in [1.165, 1.54) is 0 Å². The largest absolute Gasteiger partial charge is 0.355 e. The van der Waals surface area contributed by atoms with E-state index in [0.717, 1.165) is 5.69 Å². The first kappa shape index (κ1) is 10.7. The summed E-state index contributed by atoms with van der Waals surface area (Å²) >= 11 is 0. The van der Waals surface area contributed by atoms with Gasteiger partial charge in [-0.3, -0.25) is 9.59 Å². The summed E-state index contributed by atoms with van der Waals surface area (Å²) in [6.45, 7) is 0.886. The molecule has 16 heavy (non-hydrogen) atoms. The fraction of sp³-hybridized carbons (Fsp3) is 0.500. The van der Waals surface area contributed by atoms with E-state index < -0.39 is 0 Å². The number of aromatic amines is 1. The molecule has 2 rings (SSSR count). The lowest BCUT2D eigenvalue weighted by Gasteiger charge is -2.21. The maximum Gasteiger partial charge on any atom is 0.225 e. The zero-order chi connectivity index (χ0) is 11.4. The van der Waals surface area contributed by atoms with Crippen LogP contribution in [0.15, 0.2) is 12.5 Å². The first-order valence-electron chi connectivity index (χ1n) is 5.27. The van der Waals surface area contributed by atoms with Gasteiger partial charge in [0.05, 0.1) is 24.5 Å². The van der Waals surface area contributed by atoms with Gasteiger partial charge in [-0.15, -0.1) is 0 Å². The van der Waals surface area contributed by atoms with Crippen molar-refractivity contribution in [3.63, 3.8) is 0 Å². The summed E-state index contributed by atoms with van der Waals surface area (Å²) in [6.07, 6.45) is 4.30. The Labute approximate surface area is 92.8 Å². The molecule has 1 aliphatic rings. The Bertz CT molecular complexity index is 364. The van der Waals surface area contributed by atoms with Crippen LogP contribution in [-0.4, -0.2) is 28.3 Å². The summed E-state index contributed by atoms with van der Waals surface area (Å²) in [5.41, 5.74) is 0.869. The number of carbonyl (C=O) groups is 2. The highest BCUT2D eigenvalue weighted by Gasteiger charge is 2.23. The highest BCUT2D eigenvalue weighted by Crippen LogP contribution is 2.10. The van der Waals surface area contributed by atoms with Crippen LogP contribution in [0.25, 0.3) is 0 Å². The molecule has 1 atom stereocenters. The van der Waals surface area contributed by atoms with E-state index in [0.29, 0.717) is 25.9 Å². The molecule has 1 aromatic heterocycles. The number of nitrogens with one attached hydrogen (secondary N) is 3. The highest BCUT2D eigenvalue weighted by molar-refractivity contribution is 5.83. The Hall–Kier alpha value is -1.85. The van der Waals surface area contributed by atoms with Crippen molar-refractivity contribution in [2.75, 3.05) is 6.54 Å². The van der Waals surface area contributed by atoms with Gasteiger partial charge in [-0.05, 0) is 6.42 Å². The van der Waals surface area contributed by atoms with Crippen molar-refractivity contribution in [3.8, 4) is 0 Å². The number of hydrogen-bond acceptors (Lipinski definition) is 3. The lowest BCUT2D eigenvalue weighted by molar-refractivity contribution is -0.129. The molecule has 3 N–H and O–H groups in total. The average Bonchev–Trinajstić information content (AvgIpc) is 2.80. The van der Waals surface area contributed by atoms with E-state index in [1.54, 1.807) is 12.5 Å². The molecule has 0 spiro atoms. The predicted octanol–water partition coefficient (Wildman–Crippen LogP) is -0.448. The number of nitrogens with zero attached hydrogens (tertiary/aromatic N) is 1. The summed E-state index contributed by atoms with van der Waals surface area (Å²) in [7, 11) is 0. The van der Waals surface area contributed by atoms with E-state index >= 15 is 0 Å². The first-order valence-corrected chi connectivity index (χ1v) is 5.27. The van der Waals surface area contributed by atoms with Crippen LogP contribution in [0.1, 0.15) is 18.5 Å². The van der Waals surface area contributed by atoms with Crippen LogP contribution in [0.4, 0.5) is 0 Å². The van der Waals surface area contributed by atoms with E-state index in [9.17, 15) is 9.59 Å². The lowest BCUT2D eigenvalue weighted by atomic mass is 9.98. The molecule has 86 valence electrons. The fourth-order valence-electron chi connectivity index (χ4n) is 1.66. The molecule has 1 aliphatic heterocycles. The van der Waals surface area contributed by atoms with Gasteiger partial charge in [0, 0.05) is 19.2 Å². The third kappa shape index (κ3) is 2.59. The molecule has 6 nitrogen and oxygen atoms in total. The number of piperidine rings is 1. The summed E-state index contributed by atoms with van der Waals surface area (Å²) < 4.78 is 0. The zero-order valence-corrected chi connectivity index (χ0v) is 8.82. The number of hydrogen-bond donors (Lipinski definition) is 3. The second-order valence-corrected chi connectivity index (χ2v) is 3.83. The van der Waals surface area contributed by atoms with Gasteiger partial charge >= 0.3 is 0 Å². The standard InChI is InChI=1S/C10H14N4O2/c15-9-2-1-7(3-12-9)10(16)13-5-8-4-11-6-14-8/h4,6-7H,1-3,5H2,(H,11,14)(H,12,15)(H,13,16). The summed E-state index contributed by atoms with van der Waals surface area (Å²) in [5.74, 6) is -0.104. The summed E-state index contributed by atoms with van der Waals surface area (Å²) in [6, 6.07) is 0. The second kappa shape index (κ2) is 4.78. The number of aromatic nitrogens is 2. The van der Waals surface area contributed by atoms with Crippen molar-refractivity contribution in [1.82, 2.24) is 20.6 Å². The average molecular weight is 222 g/mol. The highest BCUT2D eigenvalue weighted by atomic mass is 16.2. The molecule has 0 aromatic carbocycles. The Morgan fingerprint density at radius 2 is 2.50 bits per heavy atom. The third-order valence-corrected chi connectivity index (χ3v) is 2.64. The molecule has 1 fully saturated rings. The lowest BCUT2D eigenvalue weighted by Crippen LogP contribution is -2.42.